The lowest BCUT2D eigenvalue weighted by molar-refractivity contribution is -0.129. The van der Waals surface area contributed by atoms with E-state index in [0.717, 1.165) is 0 Å². The predicted octanol–water partition coefficient (Wildman–Crippen LogP) is -7.93. The van der Waals surface area contributed by atoms with Gasteiger partial charge >= 0.3 is 0 Å². The summed E-state index contributed by atoms with van der Waals surface area (Å²) in [5.41, 5.74) is 5.05. The molecule has 0 radical (unpaired) electrons. The second kappa shape index (κ2) is 18.8. The number of rotatable bonds is 17. The average molecular weight is 515 g/mol. The Labute approximate surface area is 204 Å². The summed E-state index contributed by atoms with van der Waals surface area (Å²) in [4.78, 5) is 102. The number of hydrogen-bond acceptors (Lipinski definition) is 10. The van der Waals surface area contributed by atoms with Crippen LogP contribution in [-0.2, 0) is 43.2 Å². The highest BCUT2D eigenvalue weighted by Gasteiger charge is 2.11. The molecule has 0 aromatic carbocycles. The molecule has 0 saturated heterocycles. The van der Waals surface area contributed by atoms with Crippen LogP contribution >= 0.6 is 0 Å². The number of amides is 8. The van der Waals surface area contributed by atoms with Crippen molar-refractivity contribution in [2.45, 2.75) is 0 Å². The van der Waals surface area contributed by atoms with Gasteiger partial charge in [-0.25, -0.2) is 0 Å². The summed E-state index contributed by atoms with van der Waals surface area (Å²) in [6.07, 6.45) is 0.471. The van der Waals surface area contributed by atoms with Gasteiger partial charge in [-0.1, -0.05) is 0 Å². The van der Waals surface area contributed by atoms with Crippen molar-refractivity contribution in [2.24, 2.45) is 5.73 Å². The Morgan fingerprint density at radius 1 is 0.417 bits per heavy atom. The van der Waals surface area contributed by atoms with Gasteiger partial charge in [-0.3, -0.25) is 38.4 Å². The number of aldehydes is 1. The molecular weight excluding hydrogens is 486 g/mol. The third-order valence-electron chi connectivity index (χ3n) is 3.69. The van der Waals surface area contributed by atoms with Crippen LogP contribution in [0.5, 0.6) is 0 Å². The van der Waals surface area contributed by atoms with Crippen molar-refractivity contribution in [3.8, 4) is 0 Å². The van der Waals surface area contributed by atoms with Crippen molar-refractivity contribution in [1.29, 1.82) is 0 Å². The number of nitrogens with two attached hydrogens (primary N) is 1. The van der Waals surface area contributed by atoms with E-state index in [1.54, 1.807) is 0 Å². The van der Waals surface area contributed by atoms with Gasteiger partial charge in [0, 0.05) is 0 Å². The molecule has 18 nitrogen and oxygen atoms in total. The van der Waals surface area contributed by atoms with Crippen LogP contribution < -0.4 is 48.3 Å². The highest BCUT2D eigenvalue weighted by Crippen LogP contribution is 1.73. The molecule has 0 spiro atoms. The topological polar surface area (TPSA) is 276 Å². The third-order valence-corrected chi connectivity index (χ3v) is 3.69. The lowest BCUT2D eigenvalue weighted by Gasteiger charge is -2.09. The Morgan fingerprint density at radius 2 is 0.639 bits per heavy atom. The van der Waals surface area contributed by atoms with Crippen molar-refractivity contribution >= 4 is 53.5 Å². The Hall–Kier alpha value is -4.61. The summed E-state index contributed by atoms with van der Waals surface area (Å²) in [5, 5.41) is 17.6. The van der Waals surface area contributed by atoms with Crippen LogP contribution in [0.4, 0.5) is 0 Å². The largest absolute Gasteiger partial charge is 0.348 e. The fraction of sp³-hybridized carbons (Fsp3) is 0.500. The van der Waals surface area contributed by atoms with Gasteiger partial charge < -0.3 is 53.1 Å². The Kier molecular flexibility index (Phi) is 16.4. The van der Waals surface area contributed by atoms with E-state index >= 15 is 0 Å². The second-order valence-corrected chi connectivity index (χ2v) is 6.61. The number of carbonyl (C=O) groups is 9. The molecule has 200 valence electrons. The molecule has 0 aliphatic rings. The minimum atomic E-state index is -0.729. The van der Waals surface area contributed by atoms with Crippen molar-refractivity contribution < 1.29 is 43.2 Å². The summed E-state index contributed by atoms with van der Waals surface area (Å²) in [5.74, 6) is -5.32. The number of hydrogen-bond donors (Lipinski definition) is 9. The minimum absolute atomic E-state index is 0.195. The summed E-state index contributed by atoms with van der Waals surface area (Å²) in [6, 6.07) is 0. The molecule has 0 rings (SSSR count). The molecule has 0 aliphatic heterocycles. The smallest absolute Gasteiger partial charge is 0.239 e. The van der Waals surface area contributed by atoms with Gasteiger partial charge in [0.05, 0.1) is 58.9 Å². The first-order chi connectivity index (χ1) is 17.1. The maximum Gasteiger partial charge on any atom is 0.239 e. The second-order valence-electron chi connectivity index (χ2n) is 6.61. The van der Waals surface area contributed by atoms with E-state index in [1.807, 2.05) is 0 Å². The van der Waals surface area contributed by atoms with Crippen molar-refractivity contribution in [2.75, 3.05) is 58.9 Å². The monoisotopic (exact) mass is 515 g/mol. The Morgan fingerprint density at radius 3 is 0.861 bits per heavy atom. The van der Waals surface area contributed by atoms with Gasteiger partial charge in [-0.2, -0.15) is 0 Å². The molecule has 0 atom stereocenters. The van der Waals surface area contributed by atoms with Crippen LogP contribution in [0.1, 0.15) is 0 Å². The van der Waals surface area contributed by atoms with Gasteiger partial charge in [0.15, 0.2) is 0 Å². The molecule has 8 amide bonds. The molecule has 18 heteroatoms. The van der Waals surface area contributed by atoms with Gasteiger partial charge in [0.1, 0.15) is 6.29 Å². The molecule has 0 aromatic heterocycles. The maximum atomic E-state index is 11.7. The molecule has 10 N–H and O–H groups in total. The standard InChI is InChI=1S/C18H29N9O9/c19-3-11(29)21-5-13(31)23-7-15(33)25-9-17(35)27-10-18(36)26-8-16(34)24-6-14(32)22-4-12(30)20-1-2-28/h2H,1,3-10,19H2,(H,20,30)(H,21,29)(H,22,32)(H,23,31)(H,24,34)(H,25,33)(H,26,36)(H,27,35). The first-order valence-electron chi connectivity index (χ1n) is 10.3. The third kappa shape index (κ3) is 17.9. The van der Waals surface area contributed by atoms with E-state index < -0.39 is 80.0 Å². The van der Waals surface area contributed by atoms with E-state index in [2.05, 4.69) is 42.5 Å². The minimum Gasteiger partial charge on any atom is -0.348 e. The normalized spacial score (nSPS) is 9.58. The summed E-state index contributed by atoms with van der Waals surface area (Å²) in [6.45, 7) is -3.65. The van der Waals surface area contributed by atoms with Gasteiger partial charge in [-0.15, -0.1) is 0 Å². The quantitative estimate of drug-likeness (QED) is 0.0825. The molecule has 0 bridgehead atoms. The van der Waals surface area contributed by atoms with E-state index in [4.69, 9.17) is 5.73 Å². The van der Waals surface area contributed by atoms with Crippen LogP contribution in [0.25, 0.3) is 0 Å². The molecule has 0 aliphatic carbocycles. The Bertz CT molecular complexity index is 848. The van der Waals surface area contributed by atoms with E-state index in [1.165, 1.54) is 0 Å². The van der Waals surface area contributed by atoms with Crippen LogP contribution in [0.3, 0.4) is 0 Å². The molecule has 0 aromatic rings. The summed E-state index contributed by atoms with van der Waals surface area (Å²) < 4.78 is 0. The predicted molar refractivity (Wildman–Crippen MR) is 119 cm³/mol. The maximum absolute atomic E-state index is 11.7. The average Bonchev–Trinajstić information content (AvgIpc) is 2.87. The molecule has 0 unspecified atom stereocenters. The Balaban J connectivity index is 3.92. The van der Waals surface area contributed by atoms with Crippen molar-refractivity contribution in [3.63, 3.8) is 0 Å². The van der Waals surface area contributed by atoms with E-state index in [9.17, 15) is 43.2 Å². The SMILES string of the molecule is NCC(=O)NCC(=O)NCC(=O)NCC(=O)NCC(=O)NCC(=O)NCC(=O)NCC(=O)NCC=O. The fourth-order valence-electron chi connectivity index (χ4n) is 1.92. The summed E-state index contributed by atoms with van der Waals surface area (Å²) >= 11 is 0. The van der Waals surface area contributed by atoms with Crippen molar-refractivity contribution in [3.05, 3.63) is 0 Å². The summed E-state index contributed by atoms with van der Waals surface area (Å²) in [7, 11) is 0. The van der Waals surface area contributed by atoms with Gasteiger partial charge in [0.2, 0.25) is 47.3 Å². The molecule has 0 heterocycles. The van der Waals surface area contributed by atoms with Crippen LogP contribution in [0, 0.1) is 0 Å². The zero-order chi connectivity index (χ0) is 27.3. The first-order valence-corrected chi connectivity index (χ1v) is 10.3. The highest BCUT2D eigenvalue weighted by atomic mass is 16.2. The molecule has 0 fully saturated rings. The lowest BCUT2D eigenvalue weighted by Crippen LogP contribution is -2.47. The van der Waals surface area contributed by atoms with Crippen LogP contribution in [0.15, 0.2) is 0 Å². The fourth-order valence-corrected chi connectivity index (χ4v) is 1.92. The molecular formula is C18H29N9O9. The zero-order valence-electron chi connectivity index (χ0n) is 19.2. The van der Waals surface area contributed by atoms with Gasteiger partial charge in [-0.05, 0) is 0 Å². The first kappa shape index (κ1) is 31.4. The van der Waals surface area contributed by atoms with Gasteiger partial charge in [0.25, 0.3) is 0 Å². The highest BCUT2D eigenvalue weighted by molar-refractivity contribution is 5.92. The lowest BCUT2D eigenvalue weighted by atomic mass is 10.4. The van der Waals surface area contributed by atoms with Crippen LogP contribution in [0.2, 0.25) is 0 Å². The van der Waals surface area contributed by atoms with Crippen molar-refractivity contribution in [1.82, 2.24) is 42.5 Å². The van der Waals surface area contributed by atoms with Crippen LogP contribution in [-0.4, -0.2) is 112 Å². The number of carbonyl (C=O) groups excluding carboxylic acids is 9. The molecule has 36 heavy (non-hydrogen) atoms. The number of nitrogens with one attached hydrogen (secondary N) is 8. The van der Waals surface area contributed by atoms with E-state index in [0.29, 0.717) is 6.29 Å². The van der Waals surface area contributed by atoms with E-state index in [-0.39, 0.29) is 26.2 Å². The molecule has 0 saturated carbocycles. The zero-order valence-corrected chi connectivity index (χ0v) is 19.2.